The zero-order chi connectivity index (χ0) is 17.6. The van der Waals surface area contributed by atoms with Crippen molar-refractivity contribution in [2.75, 3.05) is 6.54 Å². The van der Waals surface area contributed by atoms with Crippen molar-refractivity contribution in [2.45, 2.75) is 64.6 Å². The number of amides is 2. The van der Waals surface area contributed by atoms with Gasteiger partial charge in [-0.3, -0.25) is 4.68 Å². The number of nitrogens with one attached hydrogen (secondary N) is 1. The quantitative estimate of drug-likeness (QED) is 0.857. The summed E-state index contributed by atoms with van der Waals surface area (Å²) in [6.07, 6.45) is 8.02. The molecular formula is C17H26N6OS. The molecule has 2 amide bonds. The third-order valence-electron chi connectivity index (χ3n) is 4.67. The van der Waals surface area contributed by atoms with Crippen LogP contribution in [0.2, 0.25) is 0 Å². The van der Waals surface area contributed by atoms with Crippen molar-refractivity contribution in [2.24, 2.45) is 0 Å². The van der Waals surface area contributed by atoms with Gasteiger partial charge < -0.3 is 10.2 Å². The number of rotatable bonds is 6. The average Bonchev–Trinajstić information content (AvgIpc) is 3.29. The Bertz CT molecular complexity index is 668. The maximum Gasteiger partial charge on any atom is 0.317 e. The average molecular weight is 363 g/mol. The van der Waals surface area contributed by atoms with Gasteiger partial charge in [-0.25, -0.2) is 4.79 Å². The Morgan fingerprint density at radius 3 is 3.08 bits per heavy atom. The van der Waals surface area contributed by atoms with Gasteiger partial charge in [0.25, 0.3) is 0 Å². The normalized spacial score (nSPS) is 17.9. The molecule has 0 aliphatic carbocycles. The van der Waals surface area contributed by atoms with Crippen LogP contribution < -0.4 is 5.32 Å². The smallest absolute Gasteiger partial charge is 0.317 e. The summed E-state index contributed by atoms with van der Waals surface area (Å²) in [6, 6.07) is 2.23. The van der Waals surface area contributed by atoms with Crippen molar-refractivity contribution < 1.29 is 4.79 Å². The number of carbonyl (C=O) groups excluding carboxylic acids is 1. The highest BCUT2D eigenvalue weighted by atomic mass is 32.1. The summed E-state index contributed by atoms with van der Waals surface area (Å²) in [4.78, 5) is 15.7. The van der Waals surface area contributed by atoms with Crippen LogP contribution in [0, 0.1) is 0 Å². The number of hydrogen-bond donors (Lipinski definition) is 1. The van der Waals surface area contributed by atoms with Gasteiger partial charge in [0.05, 0.1) is 17.1 Å². The van der Waals surface area contributed by atoms with Crippen LogP contribution >= 0.6 is 11.5 Å². The third kappa shape index (κ3) is 4.56. The first-order valence-electron chi connectivity index (χ1n) is 8.98. The molecule has 1 fully saturated rings. The second kappa shape index (κ2) is 8.42. The molecule has 1 atom stereocenters. The van der Waals surface area contributed by atoms with Gasteiger partial charge in [0.1, 0.15) is 0 Å². The SMILES string of the molecule is CC(C)c1nnsc1CNC(=O)N1CCCC[C@@H]1CCn1cccn1. The van der Waals surface area contributed by atoms with Crippen LogP contribution in [0.3, 0.4) is 0 Å². The van der Waals surface area contributed by atoms with Crippen molar-refractivity contribution in [3.63, 3.8) is 0 Å². The topological polar surface area (TPSA) is 75.9 Å². The number of aryl methyl sites for hydroxylation is 1. The molecule has 0 unspecified atom stereocenters. The highest BCUT2D eigenvalue weighted by Crippen LogP contribution is 2.22. The van der Waals surface area contributed by atoms with Gasteiger partial charge in [-0.15, -0.1) is 5.10 Å². The first kappa shape index (κ1) is 17.8. The Morgan fingerprint density at radius 2 is 2.32 bits per heavy atom. The molecule has 136 valence electrons. The lowest BCUT2D eigenvalue weighted by Crippen LogP contribution is -2.48. The lowest BCUT2D eigenvalue weighted by molar-refractivity contribution is 0.143. The van der Waals surface area contributed by atoms with Crippen LogP contribution in [0.25, 0.3) is 0 Å². The van der Waals surface area contributed by atoms with E-state index >= 15 is 0 Å². The van der Waals surface area contributed by atoms with E-state index in [0.29, 0.717) is 12.5 Å². The third-order valence-corrected chi connectivity index (χ3v) is 5.41. The van der Waals surface area contributed by atoms with Crippen LogP contribution in [0.4, 0.5) is 4.79 Å². The van der Waals surface area contributed by atoms with Crippen molar-refractivity contribution in [3.05, 3.63) is 29.0 Å². The highest BCUT2D eigenvalue weighted by molar-refractivity contribution is 7.05. The minimum absolute atomic E-state index is 0.0215. The molecule has 1 aliphatic rings. The van der Waals surface area contributed by atoms with Crippen LogP contribution in [0.15, 0.2) is 18.5 Å². The van der Waals surface area contributed by atoms with Gasteiger partial charge in [-0.2, -0.15) is 5.10 Å². The number of hydrogen-bond acceptors (Lipinski definition) is 5. The fourth-order valence-corrected chi connectivity index (χ4v) is 4.05. The molecule has 2 aromatic rings. The van der Waals surface area contributed by atoms with E-state index in [1.807, 2.05) is 21.8 Å². The Morgan fingerprint density at radius 1 is 1.44 bits per heavy atom. The highest BCUT2D eigenvalue weighted by Gasteiger charge is 2.26. The van der Waals surface area contributed by atoms with Gasteiger partial charge in [-0.05, 0) is 49.2 Å². The van der Waals surface area contributed by atoms with E-state index in [0.717, 1.165) is 42.9 Å². The molecular weight excluding hydrogens is 336 g/mol. The minimum Gasteiger partial charge on any atom is -0.333 e. The second-order valence-corrected chi connectivity index (χ2v) is 7.63. The maximum atomic E-state index is 12.7. The molecule has 1 N–H and O–H groups in total. The van der Waals surface area contributed by atoms with Gasteiger partial charge in [0.2, 0.25) is 0 Å². The molecule has 1 aliphatic heterocycles. The summed E-state index contributed by atoms with van der Waals surface area (Å²) in [5, 5.41) is 11.5. The summed E-state index contributed by atoms with van der Waals surface area (Å²) >= 11 is 1.37. The van der Waals surface area contributed by atoms with Crippen molar-refractivity contribution >= 4 is 17.6 Å². The summed E-state index contributed by atoms with van der Waals surface area (Å²) in [5.74, 6) is 0.322. The van der Waals surface area contributed by atoms with Gasteiger partial charge in [0.15, 0.2) is 0 Å². The fourth-order valence-electron chi connectivity index (χ4n) is 3.32. The first-order valence-corrected chi connectivity index (χ1v) is 9.75. The number of carbonyl (C=O) groups is 1. The standard InChI is InChI=1S/C17H26N6OS/c1-13(2)16-15(25-21-20-16)12-18-17(24)23-10-4-3-6-14(23)7-11-22-9-5-8-19-22/h5,8-9,13-14H,3-4,6-7,10-12H2,1-2H3,(H,18,24)/t14-/m1/s1. The second-order valence-electron chi connectivity index (χ2n) is 6.80. The lowest BCUT2D eigenvalue weighted by atomic mass is 10.00. The molecule has 3 heterocycles. The molecule has 1 saturated heterocycles. The molecule has 3 rings (SSSR count). The lowest BCUT2D eigenvalue weighted by Gasteiger charge is -2.35. The maximum absolute atomic E-state index is 12.7. The Balaban J connectivity index is 1.55. The molecule has 8 heteroatoms. The van der Waals surface area contributed by atoms with E-state index < -0.39 is 0 Å². The molecule has 25 heavy (non-hydrogen) atoms. The van der Waals surface area contributed by atoms with E-state index in [-0.39, 0.29) is 12.1 Å². The zero-order valence-corrected chi connectivity index (χ0v) is 15.7. The molecule has 0 saturated carbocycles. The number of piperidine rings is 1. The summed E-state index contributed by atoms with van der Waals surface area (Å²) in [7, 11) is 0. The monoisotopic (exact) mass is 362 g/mol. The molecule has 0 spiro atoms. The van der Waals surface area contributed by atoms with Crippen molar-refractivity contribution in [1.82, 2.24) is 29.6 Å². The number of nitrogens with zero attached hydrogens (tertiary/aromatic N) is 5. The molecule has 7 nitrogen and oxygen atoms in total. The molecule has 2 aromatic heterocycles. The van der Waals surface area contributed by atoms with Gasteiger partial charge in [0, 0.05) is 31.5 Å². The number of aromatic nitrogens is 4. The van der Waals surface area contributed by atoms with E-state index in [9.17, 15) is 4.79 Å². The van der Waals surface area contributed by atoms with E-state index in [4.69, 9.17) is 0 Å². The minimum atomic E-state index is 0.0215. The zero-order valence-electron chi connectivity index (χ0n) is 14.9. The van der Waals surface area contributed by atoms with Crippen LogP contribution in [0.1, 0.15) is 56.0 Å². The van der Waals surface area contributed by atoms with Gasteiger partial charge >= 0.3 is 6.03 Å². The Kier molecular flexibility index (Phi) is 6.01. The van der Waals surface area contributed by atoms with E-state index in [1.54, 1.807) is 6.20 Å². The van der Waals surface area contributed by atoms with Crippen molar-refractivity contribution in [3.8, 4) is 0 Å². The molecule has 0 aromatic carbocycles. The largest absolute Gasteiger partial charge is 0.333 e. The van der Waals surface area contributed by atoms with Gasteiger partial charge in [-0.1, -0.05) is 18.3 Å². The summed E-state index contributed by atoms with van der Waals surface area (Å²) in [5.41, 5.74) is 0.985. The Hall–Kier alpha value is -1.96. The molecule has 0 bridgehead atoms. The predicted octanol–water partition coefficient (Wildman–Crippen LogP) is 3.01. The fraction of sp³-hybridized carbons (Fsp3) is 0.647. The van der Waals surface area contributed by atoms with Crippen LogP contribution in [-0.4, -0.2) is 42.9 Å². The molecule has 0 radical (unpaired) electrons. The van der Waals surface area contributed by atoms with Crippen LogP contribution in [0.5, 0.6) is 0 Å². The van der Waals surface area contributed by atoms with Crippen LogP contribution in [-0.2, 0) is 13.1 Å². The Labute approximate surface area is 152 Å². The number of urea groups is 1. The van der Waals surface area contributed by atoms with E-state index in [1.165, 1.54) is 18.0 Å². The van der Waals surface area contributed by atoms with Crippen molar-refractivity contribution in [1.29, 1.82) is 0 Å². The van der Waals surface area contributed by atoms with E-state index in [2.05, 4.69) is 33.8 Å². The summed E-state index contributed by atoms with van der Waals surface area (Å²) in [6.45, 7) is 6.37. The summed E-state index contributed by atoms with van der Waals surface area (Å²) < 4.78 is 5.96. The predicted molar refractivity (Wildman–Crippen MR) is 97.4 cm³/mol. The number of likely N-dealkylation sites (tertiary alicyclic amines) is 1. The first-order chi connectivity index (χ1) is 12.1.